The summed E-state index contributed by atoms with van der Waals surface area (Å²) in [7, 11) is -3.39. The zero-order valence-electron chi connectivity index (χ0n) is 10.9. The van der Waals surface area contributed by atoms with E-state index in [-0.39, 0.29) is 25.4 Å². The van der Waals surface area contributed by atoms with Gasteiger partial charge in [0.25, 0.3) is 0 Å². The molecule has 0 N–H and O–H groups in total. The molecule has 0 saturated carbocycles. The Morgan fingerprint density at radius 1 is 1.39 bits per heavy atom. The lowest BCUT2D eigenvalue weighted by atomic mass is 10.2. The summed E-state index contributed by atoms with van der Waals surface area (Å²) in [6.45, 7) is 5.42. The van der Waals surface area contributed by atoms with E-state index in [0.717, 1.165) is 0 Å². The van der Waals surface area contributed by atoms with Crippen LogP contribution in [0.4, 0.5) is 0 Å². The summed E-state index contributed by atoms with van der Waals surface area (Å²) in [5.41, 5.74) is -0.676. The quantitative estimate of drug-likeness (QED) is 0.678. The first kappa shape index (κ1) is 15.2. The van der Waals surface area contributed by atoms with Gasteiger partial charge in [0, 0.05) is 6.42 Å². The number of furan rings is 1. The molecule has 1 atom stereocenters. The van der Waals surface area contributed by atoms with Crippen molar-refractivity contribution in [3.63, 3.8) is 0 Å². The SMILES string of the molecule is CCOP(=O)(OCC)C(CC(C)=O)c1ccco1. The normalized spacial score (nSPS) is 13.5. The van der Waals surface area contributed by atoms with Gasteiger partial charge in [-0.25, -0.2) is 0 Å². The molecule has 0 saturated heterocycles. The average molecular weight is 274 g/mol. The monoisotopic (exact) mass is 274 g/mol. The van der Waals surface area contributed by atoms with Gasteiger partial charge in [0.2, 0.25) is 0 Å². The number of Topliss-reactive ketones (excluding diaryl/α,β-unsaturated/α-hetero) is 1. The Bertz CT molecular complexity index is 402. The predicted octanol–water partition coefficient (Wildman–Crippen LogP) is 3.57. The number of ketones is 1. The van der Waals surface area contributed by atoms with Gasteiger partial charge in [-0.05, 0) is 32.9 Å². The van der Waals surface area contributed by atoms with Crippen molar-refractivity contribution in [1.29, 1.82) is 0 Å². The lowest BCUT2D eigenvalue weighted by molar-refractivity contribution is -0.117. The third-order valence-corrected chi connectivity index (χ3v) is 4.79. The molecule has 1 unspecified atom stereocenters. The third kappa shape index (κ3) is 3.80. The molecule has 0 amide bonds. The standard InChI is InChI=1S/C12H19O5P/c1-4-16-18(14,17-5-2)12(9-10(3)13)11-7-6-8-15-11/h6-8,12H,4-5,9H2,1-3H3. The highest BCUT2D eigenvalue weighted by Gasteiger charge is 2.39. The first-order valence-electron chi connectivity index (χ1n) is 5.95. The van der Waals surface area contributed by atoms with Crippen LogP contribution in [0.25, 0.3) is 0 Å². The maximum atomic E-state index is 12.7. The molecule has 1 aromatic rings. The van der Waals surface area contributed by atoms with Crippen molar-refractivity contribution < 1.29 is 22.8 Å². The second-order valence-electron chi connectivity index (χ2n) is 3.81. The molecular weight excluding hydrogens is 255 g/mol. The molecule has 0 bridgehead atoms. The molecule has 102 valence electrons. The van der Waals surface area contributed by atoms with Gasteiger partial charge in [0.1, 0.15) is 17.2 Å². The highest BCUT2D eigenvalue weighted by Crippen LogP contribution is 2.62. The van der Waals surface area contributed by atoms with Gasteiger partial charge in [0.15, 0.2) is 0 Å². The van der Waals surface area contributed by atoms with Crippen LogP contribution in [0.3, 0.4) is 0 Å². The molecule has 0 fully saturated rings. The molecule has 1 aromatic heterocycles. The van der Waals surface area contributed by atoms with Crippen molar-refractivity contribution in [2.75, 3.05) is 13.2 Å². The summed E-state index contributed by atoms with van der Waals surface area (Å²) in [6, 6.07) is 3.36. The molecule has 5 nitrogen and oxygen atoms in total. The Morgan fingerprint density at radius 2 is 2.00 bits per heavy atom. The van der Waals surface area contributed by atoms with Crippen LogP contribution in [0.15, 0.2) is 22.8 Å². The van der Waals surface area contributed by atoms with Crippen LogP contribution in [0, 0.1) is 0 Å². The second kappa shape index (κ2) is 6.88. The van der Waals surface area contributed by atoms with Gasteiger partial charge >= 0.3 is 7.60 Å². The fourth-order valence-electron chi connectivity index (χ4n) is 1.70. The third-order valence-electron chi connectivity index (χ3n) is 2.35. The van der Waals surface area contributed by atoms with Gasteiger partial charge < -0.3 is 13.5 Å². The smallest absolute Gasteiger partial charge is 0.341 e. The Morgan fingerprint density at radius 3 is 2.39 bits per heavy atom. The van der Waals surface area contributed by atoms with Crippen molar-refractivity contribution in [3.05, 3.63) is 24.2 Å². The first-order valence-corrected chi connectivity index (χ1v) is 7.56. The van der Waals surface area contributed by atoms with Crippen molar-refractivity contribution in [2.24, 2.45) is 0 Å². The summed E-state index contributed by atoms with van der Waals surface area (Å²) in [5.74, 6) is 0.367. The topological polar surface area (TPSA) is 65.7 Å². The van der Waals surface area contributed by atoms with E-state index >= 15 is 0 Å². The largest absolute Gasteiger partial charge is 0.468 e. The van der Waals surface area contributed by atoms with Crippen molar-refractivity contribution in [3.8, 4) is 0 Å². The van der Waals surface area contributed by atoms with E-state index in [1.54, 1.807) is 26.0 Å². The minimum absolute atomic E-state index is 0.0742. The van der Waals surface area contributed by atoms with Gasteiger partial charge in [-0.15, -0.1) is 0 Å². The van der Waals surface area contributed by atoms with Crippen LogP contribution < -0.4 is 0 Å². The zero-order valence-corrected chi connectivity index (χ0v) is 11.8. The van der Waals surface area contributed by atoms with E-state index in [9.17, 15) is 9.36 Å². The molecule has 1 rings (SSSR count). The maximum absolute atomic E-state index is 12.7. The number of hydrogen-bond donors (Lipinski definition) is 0. The molecule has 0 aliphatic heterocycles. The Kier molecular flexibility index (Phi) is 5.79. The number of carbonyl (C=O) groups is 1. The molecular formula is C12H19O5P. The summed E-state index contributed by atoms with van der Waals surface area (Å²) in [6.07, 6.45) is 1.55. The van der Waals surface area contributed by atoms with Crippen molar-refractivity contribution >= 4 is 13.4 Å². The average Bonchev–Trinajstić information content (AvgIpc) is 2.79. The Labute approximate surface area is 107 Å². The summed E-state index contributed by atoms with van der Waals surface area (Å²) >= 11 is 0. The van der Waals surface area contributed by atoms with Crippen molar-refractivity contribution in [1.82, 2.24) is 0 Å². The fraction of sp³-hybridized carbons (Fsp3) is 0.583. The van der Waals surface area contributed by atoms with Crippen LogP contribution in [-0.2, 0) is 18.4 Å². The summed E-state index contributed by atoms with van der Waals surface area (Å²) in [4.78, 5) is 11.3. The molecule has 0 spiro atoms. The maximum Gasteiger partial charge on any atom is 0.341 e. The first-order chi connectivity index (χ1) is 8.53. The van der Waals surface area contributed by atoms with Gasteiger partial charge in [0.05, 0.1) is 19.5 Å². The van der Waals surface area contributed by atoms with Crippen LogP contribution in [0.2, 0.25) is 0 Å². The molecule has 0 aliphatic carbocycles. The van der Waals surface area contributed by atoms with E-state index in [4.69, 9.17) is 13.5 Å². The summed E-state index contributed by atoms with van der Waals surface area (Å²) < 4.78 is 28.5. The van der Waals surface area contributed by atoms with Crippen LogP contribution in [0.1, 0.15) is 38.6 Å². The van der Waals surface area contributed by atoms with E-state index in [2.05, 4.69) is 0 Å². The lowest BCUT2D eigenvalue weighted by Gasteiger charge is -2.24. The van der Waals surface area contributed by atoms with E-state index < -0.39 is 13.3 Å². The van der Waals surface area contributed by atoms with Gasteiger partial charge in [-0.1, -0.05) is 0 Å². The number of hydrogen-bond acceptors (Lipinski definition) is 5. The van der Waals surface area contributed by atoms with E-state index in [1.165, 1.54) is 13.2 Å². The molecule has 1 heterocycles. The minimum Gasteiger partial charge on any atom is -0.468 e. The van der Waals surface area contributed by atoms with Crippen LogP contribution >= 0.6 is 7.60 Å². The lowest BCUT2D eigenvalue weighted by Crippen LogP contribution is -2.09. The predicted molar refractivity (Wildman–Crippen MR) is 67.6 cm³/mol. The number of rotatable bonds is 8. The Hall–Kier alpha value is -0.900. The van der Waals surface area contributed by atoms with E-state index in [1.807, 2.05) is 0 Å². The summed E-state index contributed by atoms with van der Waals surface area (Å²) in [5, 5.41) is 0. The van der Waals surface area contributed by atoms with Crippen molar-refractivity contribution in [2.45, 2.75) is 32.9 Å². The molecule has 18 heavy (non-hydrogen) atoms. The molecule has 0 aromatic carbocycles. The highest BCUT2D eigenvalue weighted by molar-refractivity contribution is 7.54. The van der Waals surface area contributed by atoms with Crippen LogP contribution in [-0.4, -0.2) is 19.0 Å². The second-order valence-corrected chi connectivity index (χ2v) is 6.03. The fourth-order valence-corrected chi connectivity index (χ4v) is 3.79. The van der Waals surface area contributed by atoms with E-state index in [0.29, 0.717) is 5.76 Å². The molecule has 0 radical (unpaired) electrons. The molecule has 6 heteroatoms. The highest BCUT2D eigenvalue weighted by atomic mass is 31.2. The zero-order chi connectivity index (χ0) is 13.6. The van der Waals surface area contributed by atoms with Crippen LogP contribution in [0.5, 0.6) is 0 Å². The Balaban J connectivity index is 3.06. The molecule has 0 aliphatic rings. The van der Waals surface area contributed by atoms with Gasteiger partial charge in [-0.3, -0.25) is 9.36 Å². The minimum atomic E-state index is -3.39. The van der Waals surface area contributed by atoms with Gasteiger partial charge in [-0.2, -0.15) is 0 Å². The number of carbonyl (C=O) groups excluding carboxylic acids is 1.